The van der Waals surface area contributed by atoms with Crippen LogP contribution < -0.4 is 5.32 Å². The fourth-order valence-corrected chi connectivity index (χ4v) is 6.34. The summed E-state index contributed by atoms with van der Waals surface area (Å²) in [5.41, 5.74) is -2.31. The summed E-state index contributed by atoms with van der Waals surface area (Å²) in [5.74, 6) is -0.654. The average molecular weight is 603 g/mol. The van der Waals surface area contributed by atoms with E-state index in [0.29, 0.717) is 12.8 Å². The number of nitrogens with one attached hydrogen (secondary N) is 1. The van der Waals surface area contributed by atoms with Crippen LogP contribution in [0, 0.1) is 11.5 Å². The van der Waals surface area contributed by atoms with Crippen LogP contribution in [0.1, 0.15) is 39.2 Å². The number of aliphatic imine (C=N–C) groups is 1. The van der Waals surface area contributed by atoms with E-state index < -0.39 is 39.4 Å². The van der Waals surface area contributed by atoms with Gasteiger partial charge in [-0.3, -0.25) is 10.1 Å². The Bertz CT molecular complexity index is 1420. The SMILES string of the molecule is CSC(=Nc1cc(Cl)c(-c2ccc(S(=O)(=O)N3CCC[C@H]3C(=O)OC(C)(C)C)cc2)c(C(F)(F)F)c1)NC#N. The number of ether oxygens (including phenoxy) is 1. The largest absolute Gasteiger partial charge is 0.459 e. The molecule has 0 aliphatic carbocycles. The van der Waals surface area contributed by atoms with Crippen LogP contribution >= 0.6 is 23.4 Å². The Hall–Kier alpha value is -2.79. The van der Waals surface area contributed by atoms with Gasteiger partial charge in [0.15, 0.2) is 11.4 Å². The molecule has 0 radical (unpaired) electrons. The molecule has 1 heterocycles. The molecule has 1 N–H and O–H groups in total. The van der Waals surface area contributed by atoms with Gasteiger partial charge in [-0.2, -0.15) is 22.7 Å². The van der Waals surface area contributed by atoms with E-state index in [0.717, 1.165) is 22.1 Å². The monoisotopic (exact) mass is 602 g/mol. The summed E-state index contributed by atoms with van der Waals surface area (Å²) < 4.78 is 75.3. The van der Waals surface area contributed by atoms with Crippen molar-refractivity contribution in [3.8, 4) is 17.3 Å². The molecule has 39 heavy (non-hydrogen) atoms. The molecule has 1 fully saturated rings. The lowest BCUT2D eigenvalue weighted by Gasteiger charge is -2.27. The second-order valence-electron chi connectivity index (χ2n) is 9.54. The van der Waals surface area contributed by atoms with Gasteiger partial charge in [0.1, 0.15) is 11.6 Å². The highest BCUT2D eigenvalue weighted by atomic mass is 35.5. The number of hydrogen-bond donors (Lipinski definition) is 1. The van der Waals surface area contributed by atoms with Crippen molar-refractivity contribution in [3.05, 3.63) is 47.0 Å². The van der Waals surface area contributed by atoms with Gasteiger partial charge in [-0.1, -0.05) is 35.5 Å². The van der Waals surface area contributed by atoms with Crippen LogP contribution in [0.25, 0.3) is 11.1 Å². The Labute approximate surface area is 234 Å². The number of carbonyl (C=O) groups is 1. The number of hydrogen-bond acceptors (Lipinski definition) is 7. The Kier molecular flexibility index (Phi) is 9.27. The second kappa shape index (κ2) is 11.8. The minimum Gasteiger partial charge on any atom is -0.459 e. The standard InChI is InChI=1S/C25H26ClF3N4O4S2/c1-24(2,3)37-22(34)20-6-5-11-33(20)39(35,36)17-9-7-15(8-10-17)21-18(25(27,28)29)12-16(13-19(21)26)32-23(38-4)31-14-30/h7-10,12-13,20H,5-6,11H2,1-4H3,(H,31,32)/t20-/m0/s1. The Balaban J connectivity index is 2.00. The van der Waals surface area contributed by atoms with Crippen molar-refractivity contribution < 1.29 is 31.1 Å². The van der Waals surface area contributed by atoms with Crippen LogP contribution in [-0.2, 0) is 25.7 Å². The van der Waals surface area contributed by atoms with Gasteiger partial charge >= 0.3 is 12.1 Å². The van der Waals surface area contributed by atoms with Gasteiger partial charge in [-0.25, -0.2) is 13.4 Å². The number of nitriles is 1. The molecule has 3 rings (SSSR count). The molecule has 1 aliphatic heterocycles. The first-order chi connectivity index (χ1) is 18.1. The van der Waals surface area contributed by atoms with Gasteiger partial charge in [-0.15, -0.1) is 0 Å². The molecule has 0 amide bonds. The van der Waals surface area contributed by atoms with E-state index in [2.05, 4.69) is 10.3 Å². The van der Waals surface area contributed by atoms with E-state index in [1.807, 2.05) is 0 Å². The molecule has 0 bridgehead atoms. The van der Waals surface area contributed by atoms with E-state index in [1.165, 1.54) is 30.3 Å². The summed E-state index contributed by atoms with van der Waals surface area (Å²) in [6.07, 6.45) is -0.800. The molecule has 1 atom stereocenters. The average Bonchev–Trinajstić information content (AvgIpc) is 3.33. The van der Waals surface area contributed by atoms with E-state index in [-0.39, 0.29) is 38.4 Å². The third kappa shape index (κ3) is 7.25. The Morgan fingerprint density at radius 1 is 1.23 bits per heavy atom. The van der Waals surface area contributed by atoms with Crippen molar-refractivity contribution in [1.29, 1.82) is 5.26 Å². The van der Waals surface area contributed by atoms with Crippen LogP contribution in [0.15, 0.2) is 46.3 Å². The number of sulfonamides is 1. The maximum absolute atomic E-state index is 14.0. The number of halogens is 4. The minimum absolute atomic E-state index is 0.0344. The highest BCUT2D eigenvalue weighted by Gasteiger charge is 2.41. The summed E-state index contributed by atoms with van der Waals surface area (Å²) >= 11 is 7.31. The summed E-state index contributed by atoms with van der Waals surface area (Å²) in [6.45, 7) is 5.16. The van der Waals surface area contributed by atoms with Crippen LogP contribution in [0.3, 0.4) is 0 Å². The third-order valence-corrected chi connectivity index (χ3v) is 8.40. The van der Waals surface area contributed by atoms with Crippen molar-refractivity contribution >= 4 is 50.2 Å². The van der Waals surface area contributed by atoms with Crippen LogP contribution in [0.5, 0.6) is 0 Å². The zero-order chi connectivity index (χ0) is 29.2. The van der Waals surface area contributed by atoms with Crippen molar-refractivity contribution in [2.75, 3.05) is 12.8 Å². The Morgan fingerprint density at radius 2 is 1.87 bits per heavy atom. The van der Waals surface area contributed by atoms with E-state index >= 15 is 0 Å². The number of nitrogens with zero attached hydrogens (tertiary/aromatic N) is 3. The lowest BCUT2D eigenvalue weighted by atomic mass is 9.98. The normalized spacial score (nSPS) is 17.1. The molecular formula is C25H26ClF3N4O4S2. The summed E-state index contributed by atoms with van der Waals surface area (Å²) in [7, 11) is -4.14. The maximum atomic E-state index is 14.0. The van der Waals surface area contributed by atoms with Gasteiger partial charge in [0, 0.05) is 12.1 Å². The molecule has 2 aromatic carbocycles. The molecule has 1 aliphatic rings. The summed E-state index contributed by atoms with van der Waals surface area (Å²) in [5, 5.41) is 10.9. The second-order valence-corrected chi connectivity index (χ2v) is 12.6. The van der Waals surface area contributed by atoms with E-state index in [9.17, 15) is 26.4 Å². The molecule has 2 aromatic rings. The molecule has 14 heteroatoms. The molecule has 0 spiro atoms. The van der Waals surface area contributed by atoms with Crippen molar-refractivity contribution in [2.24, 2.45) is 4.99 Å². The fraction of sp³-hybridized carbons (Fsp3) is 0.400. The zero-order valence-electron chi connectivity index (χ0n) is 21.5. The van der Waals surface area contributed by atoms with E-state index in [1.54, 1.807) is 33.2 Å². The number of alkyl halides is 3. The molecular weight excluding hydrogens is 577 g/mol. The number of thioether (sulfide) groups is 1. The predicted molar refractivity (Wildman–Crippen MR) is 144 cm³/mol. The van der Waals surface area contributed by atoms with Crippen molar-refractivity contribution in [1.82, 2.24) is 9.62 Å². The Morgan fingerprint density at radius 3 is 2.41 bits per heavy atom. The number of carbonyl (C=O) groups excluding carboxylic acids is 1. The van der Waals surface area contributed by atoms with Gasteiger partial charge in [-0.05, 0) is 69.7 Å². The predicted octanol–water partition coefficient (Wildman–Crippen LogP) is 5.94. The zero-order valence-corrected chi connectivity index (χ0v) is 23.9. The smallest absolute Gasteiger partial charge is 0.417 e. The number of rotatable bonds is 5. The molecule has 0 aromatic heterocycles. The first-order valence-corrected chi connectivity index (χ1v) is 14.7. The molecule has 8 nitrogen and oxygen atoms in total. The number of benzene rings is 2. The topological polar surface area (TPSA) is 112 Å². The van der Waals surface area contributed by atoms with Gasteiger partial charge in [0.05, 0.1) is 21.2 Å². The highest BCUT2D eigenvalue weighted by molar-refractivity contribution is 8.13. The third-order valence-electron chi connectivity index (χ3n) is 5.60. The first kappa shape index (κ1) is 30.7. The molecule has 1 saturated heterocycles. The van der Waals surface area contributed by atoms with Crippen molar-refractivity contribution in [3.63, 3.8) is 0 Å². The highest BCUT2D eigenvalue weighted by Crippen LogP contribution is 2.44. The maximum Gasteiger partial charge on any atom is 0.417 e. The molecule has 0 saturated carbocycles. The van der Waals surface area contributed by atoms with Crippen LogP contribution in [0.2, 0.25) is 5.02 Å². The van der Waals surface area contributed by atoms with E-state index in [4.69, 9.17) is 21.6 Å². The van der Waals surface area contributed by atoms with Crippen molar-refractivity contribution in [2.45, 2.75) is 56.3 Å². The number of esters is 1. The molecule has 210 valence electrons. The summed E-state index contributed by atoms with van der Waals surface area (Å²) in [6, 6.07) is 5.86. The fourth-order valence-electron chi connectivity index (χ4n) is 4.03. The summed E-state index contributed by atoms with van der Waals surface area (Å²) in [4.78, 5) is 16.5. The minimum atomic E-state index is -4.81. The van der Waals surface area contributed by atoms with Gasteiger partial charge in [0.2, 0.25) is 10.0 Å². The van der Waals surface area contributed by atoms with Crippen LogP contribution in [-0.4, -0.2) is 48.3 Å². The molecule has 0 unspecified atom stereocenters. The van der Waals surface area contributed by atoms with Gasteiger partial charge in [0.25, 0.3) is 0 Å². The lowest BCUT2D eigenvalue weighted by molar-refractivity contribution is -0.158. The first-order valence-electron chi connectivity index (χ1n) is 11.6. The van der Waals surface area contributed by atoms with Gasteiger partial charge < -0.3 is 4.74 Å². The quantitative estimate of drug-likeness (QED) is 0.148. The van der Waals surface area contributed by atoms with Crippen LogP contribution in [0.4, 0.5) is 18.9 Å². The number of amidine groups is 1. The lowest BCUT2D eigenvalue weighted by Crippen LogP contribution is -2.43.